The van der Waals surface area contributed by atoms with Gasteiger partial charge in [-0.05, 0) is 29.5 Å². The fourth-order valence-corrected chi connectivity index (χ4v) is 4.93. The summed E-state index contributed by atoms with van der Waals surface area (Å²) in [6.07, 6.45) is 0.0609. The quantitative estimate of drug-likeness (QED) is 0.466. The normalized spacial score (nSPS) is 13.8. The number of carboxylic acid groups (broad SMARTS) is 1. The van der Waals surface area contributed by atoms with Crippen LogP contribution in [0, 0.1) is 0 Å². The number of hydrogen-bond acceptors (Lipinski definition) is 2. The van der Waals surface area contributed by atoms with E-state index in [1.807, 2.05) is 60.7 Å². The van der Waals surface area contributed by atoms with Crippen molar-refractivity contribution in [1.82, 2.24) is 0 Å². The molecule has 0 heterocycles. The smallest absolute Gasteiger partial charge is 0.347 e. The third-order valence-corrected chi connectivity index (χ3v) is 6.97. The van der Waals surface area contributed by atoms with E-state index in [9.17, 15) is 24.3 Å². The second-order valence-corrected chi connectivity index (χ2v) is 8.84. The lowest BCUT2D eigenvalue weighted by Gasteiger charge is -2.32. The first kappa shape index (κ1) is 21.0. The summed E-state index contributed by atoms with van der Waals surface area (Å²) in [4.78, 5) is 32.5. The highest BCUT2D eigenvalue weighted by Gasteiger charge is 2.55. The minimum Gasteiger partial charge on any atom is -0.480 e. The molecule has 150 valence electrons. The van der Waals surface area contributed by atoms with Gasteiger partial charge in [-0.2, -0.15) is 0 Å². The molecule has 3 N–H and O–H groups in total. The lowest BCUT2D eigenvalue weighted by molar-refractivity contribution is -0.141. The van der Waals surface area contributed by atoms with E-state index >= 15 is 0 Å². The third-order valence-electron chi connectivity index (χ3n) is 5.30. The molecule has 5 nitrogen and oxygen atoms in total. The Labute approximate surface area is 169 Å². The summed E-state index contributed by atoms with van der Waals surface area (Å²) < 4.78 is 12.5. The summed E-state index contributed by atoms with van der Waals surface area (Å²) in [5, 5.41) is 7.68. The van der Waals surface area contributed by atoms with Crippen molar-refractivity contribution in [3.63, 3.8) is 0 Å². The fourth-order valence-electron chi connectivity index (χ4n) is 3.78. The second kappa shape index (κ2) is 8.75. The van der Waals surface area contributed by atoms with Crippen LogP contribution < -0.4 is 0 Å². The molecule has 0 amide bonds. The van der Waals surface area contributed by atoms with E-state index in [0.29, 0.717) is 0 Å². The molecule has 6 heteroatoms. The van der Waals surface area contributed by atoms with Crippen LogP contribution in [0.5, 0.6) is 0 Å². The third kappa shape index (κ3) is 4.33. The minimum atomic E-state index is -5.02. The van der Waals surface area contributed by atoms with Crippen molar-refractivity contribution >= 4 is 13.6 Å². The van der Waals surface area contributed by atoms with Gasteiger partial charge in [0.1, 0.15) is 0 Å². The predicted octanol–water partition coefficient (Wildman–Crippen LogP) is 4.76. The van der Waals surface area contributed by atoms with Gasteiger partial charge in [0.2, 0.25) is 0 Å². The summed E-state index contributed by atoms with van der Waals surface area (Å²) in [6, 6.07) is 27.0. The molecule has 0 aliphatic carbocycles. The summed E-state index contributed by atoms with van der Waals surface area (Å²) >= 11 is 0. The fraction of sp³-hybridized carbons (Fsp3) is 0.174. The van der Waals surface area contributed by atoms with Gasteiger partial charge in [-0.3, -0.25) is 9.36 Å². The van der Waals surface area contributed by atoms with Gasteiger partial charge in [-0.15, -0.1) is 0 Å². The Balaban J connectivity index is 2.05. The van der Waals surface area contributed by atoms with E-state index in [-0.39, 0.29) is 24.3 Å². The highest BCUT2D eigenvalue weighted by molar-refractivity contribution is 7.54. The van der Waals surface area contributed by atoms with Crippen molar-refractivity contribution in [1.29, 1.82) is 0 Å². The number of rotatable bonds is 8. The molecular weight excluding hydrogens is 387 g/mol. The number of aliphatic carboxylic acids is 1. The van der Waals surface area contributed by atoms with E-state index in [1.54, 1.807) is 18.2 Å². The Morgan fingerprint density at radius 2 is 1.21 bits per heavy atom. The van der Waals surface area contributed by atoms with Crippen LogP contribution in [-0.4, -0.2) is 20.9 Å². The molecule has 0 saturated carbocycles. The van der Waals surface area contributed by atoms with Crippen molar-refractivity contribution in [2.75, 3.05) is 0 Å². The van der Waals surface area contributed by atoms with Crippen molar-refractivity contribution in [3.8, 4) is 0 Å². The molecule has 0 aliphatic heterocycles. The standard InChI is InChI=1S/C23H23O5P/c24-22(25)23(29(26,27)28,20-14-8-3-9-15-20)17-16-21(18-10-4-1-5-11-18)19-12-6-2-7-13-19/h1-15,21H,16-17H2,(H,24,25)(H2,26,27,28). The molecule has 3 aromatic rings. The molecule has 0 spiro atoms. The van der Waals surface area contributed by atoms with Gasteiger partial charge in [0.15, 0.2) is 5.16 Å². The van der Waals surface area contributed by atoms with Gasteiger partial charge in [-0.25, -0.2) is 0 Å². The Kier molecular flexibility index (Phi) is 6.33. The molecule has 0 radical (unpaired) electrons. The van der Waals surface area contributed by atoms with Gasteiger partial charge in [0, 0.05) is 5.92 Å². The molecule has 0 bridgehead atoms. The average molecular weight is 410 g/mol. The molecule has 3 aromatic carbocycles. The molecule has 3 rings (SSSR count). The zero-order valence-corrected chi connectivity index (χ0v) is 16.7. The van der Waals surface area contributed by atoms with Crippen LogP contribution in [0.3, 0.4) is 0 Å². The van der Waals surface area contributed by atoms with Gasteiger partial charge in [0.25, 0.3) is 0 Å². The summed E-state index contributed by atoms with van der Waals surface area (Å²) in [6.45, 7) is 0. The first-order valence-corrected chi connectivity index (χ1v) is 10.9. The van der Waals surface area contributed by atoms with Crippen molar-refractivity contribution < 1.29 is 24.3 Å². The maximum atomic E-state index is 12.5. The highest BCUT2D eigenvalue weighted by Crippen LogP contribution is 2.60. The summed E-state index contributed by atoms with van der Waals surface area (Å²) in [5.74, 6) is -1.71. The lowest BCUT2D eigenvalue weighted by atomic mass is 9.83. The first-order valence-electron chi connectivity index (χ1n) is 9.31. The lowest BCUT2D eigenvalue weighted by Crippen LogP contribution is -2.36. The van der Waals surface area contributed by atoms with Crippen LogP contribution in [0.25, 0.3) is 0 Å². The molecule has 0 saturated heterocycles. The Bertz CT molecular complexity index is 946. The zero-order chi connectivity index (χ0) is 20.9. The SMILES string of the molecule is O=C(O)C(CCC(c1ccccc1)c1ccccc1)(c1ccccc1)P(=O)(O)O. The van der Waals surface area contributed by atoms with Crippen molar-refractivity contribution in [3.05, 3.63) is 108 Å². The number of carbonyl (C=O) groups is 1. The van der Waals surface area contributed by atoms with Crippen molar-refractivity contribution in [2.45, 2.75) is 23.9 Å². The first-order chi connectivity index (χ1) is 13.9. The minimum absolute atomic E-state index is 0.112. The van der Waals surface area contributed by atoms with E-state index < -0.39 is 18.7 Å². The van der Waals surface area contributed by atoms with Gasteiger partial charge in [-0.1, -0.05) is 91.0 Å². The van der Waals surface area contributed by atoms with E-state index in [1.165, 1.54) is 12.1 Å². The Morgan fingerprint density at radius 3 is 1.59 bits per heavy atom. The maximum Gasteiger partial charge on any atom is 0.347 e. The van der Waals surface area contributed by atoms with Crippen LogP contribution in [0.4, 0.5) is 0 Å². The molecule has 1 unspecified atom stereocenters. The van der Waals surface area contributed by atoms with E-state index in [4.69, 9.17) is 0 Å². The Hall–Kier alpha value is -2.72. The number of hydrogen-bond donors (Lipinski definition) is 3. The molecule has 0 aliphatic rings. The monoisotopic (exact) mass is 410 g/mol. The average Bonchev–Trinajstić information content (AvgIpc) is 2.72. The molecule has 1 atom stereocenters. The van der Waals surface area contributed by atoms with Crippen LogP contribution in [0.1, 0.15) is 35.4 Å². The van der Waals surface area contributed by atoms with Gasteiger partial charge >= 0.3 is 13.6 Å². The van der Waals surface area contributed by atoms with Crippen LogP contribution in [0.2, 0.25) is 0 Å². The molecule has 0 fully saturated rings. The Morgan fingerprint density at radius 1 is 0.793 bits per heavy atom. The molecule has 0 aromatic heterocycles. The second-order valence-electron chi connectivity index (χ2n) is 6.99. The summed E-state index contributed by atoms with van der Waals surface area (Å²) in [5.41, 5.74) is 2.05. The van der Waals surface area contributed by atoms with E-state index in [2.05, 4.69) is 0 Å². The van der Waals surface area contributed by atoms with Crippen molar-refractivity contribution in [2.24, 2.45) is 0 Å². The number of carboxylic acids is 1. The highest BCUT2D eigenvalue weighted by atomic mass is 31.2. The largest absolute Gasteiger partial charge is 0.480 e. The molecular formula is C23H23O5P. The maximum absolute atomic E-state index is 12.5. The van der Waals surface area contributed by atoms with E-state index in [0.717, 1.165) is 11.1 Å². The topological polar surface area (TPSA) is 94.8 Å². The zero-order valence-electron chi connectivity index (χ0n) is 15.8. The number of benzene rings is 3. The molecule has 29 heavy (non-hydrogen) atoms. The predicted molar refractivity (Wildman–Crippen MR) is 112 cm³/mol. The van der Waals surface area contributed by atoms with Crippen LogP contribution in [0.15, 0.2) is 91.0 Å². The summed E-state index contributed by atoms with van der Waals surface area (Å²) in [7, 11) is -5.02. The van der Waals surface area contributed by atoms with Crippen LogP contribution >= 0.6 is 7.60 Å². The van der Waals surface area contributed by atoms with Gasteiger partial charge in [0.05, 0.1) is 0 Å². The van der Waals surface area contributed by atoms with Crippen LogP contribution in [-0.2, 0) is 14.5 Å². The van der Waals surface area contributed by atoms with Gasteiger partial charge < -0.3 is 14.9 Å².